The molecule has 1 aliphatic heterocycles. The largest absolute Gasteiger partial charge is 0.374 e. The molecule has 3 rings (SSSR count). The SMILES string of the molecule is CC(C)CN1CCOC(CNC(=O)c2cnc3ccccn3c2=O)C1. The van der Waals surface area contributed by atoms with E-state index in [0.717, 1.165) is 19.6 Å². The Morgan fingerprint density at radius 1 is 1.44 bits per heavy atom. The van der Waals surface area contributed by atoms with Crippen LogP contribution in [0, 0.1) is 5.92 Å². The maximum Gasteiger partial charge on any atom is 0.270 e. The van der Waals surface area contributed by atoms with Crippen molar-refractivity contribution in [3.05, 3.63) is 46.5 Å². The van der Waals surface area contributed by atoms with E-state index in [1.165, 1.54) is 10.6 Å². The zero-order valence-electron chi connectivity index (χ0n) is 14.6. The van der Waals surface area contributed by atoms with Crippen molar-refractivity contribution in [1.29, 1.82) is 0 Å². The number of carbonyl (C=O) groups is 1. The Hall–Kier alpha value is -2.25. The quantitative estimate of drug-likeness (QED) is 0.868. The second-order valence-corrected chi connectivity index (χ2v) is 6.76. The van der Waals surface area contributed by atoms with Crippen molar-refractivity contribution < 1.29 is 9.53 Å². The van der Waals surface area contributed by atoms with Gasteiger partial charge in [-0.3, -0.25) is 18.9 Å². The Labute approximate surface area is 146 Å². The highest BCUT2D eigenvalue weighted by Crippen LogP contribution is 2.07. The second kappa shape index (κ2) is 7.76. The second-order valence-electron chi connectivity index (χ2n) is 6.76. The molecule has 0 radical (unpaired) electrons. The van der Waals surface area contributed by atoms with E-state index in [1.54, 1.807) is 24.4 Å². The number of amides is 1. The molecule has 3 heterocycles. The van der Waals surface area contributed by atoms with Gasteiger partial charge in [0, 0.05) is 38.6 Å². The van der Waals surface area contributed by atoms with E-state index in [4.69, 9.17) is 4.74 Å². The summed E-state index contributed by atoms with van der Waals surface area (Å²) >= 11 is 0. The van der Waals surface area contributed by atoms with Crippen molar-refractivity contribution in [3.63, 3.8) is 0 Å². The minimum atomic E-state index is -0.416. The molecular formula is C18H24N4O3. The van der Waals surface area contributed by atoms with Gasteiger partial charge in [0.05, 0.1) is 12.7 Å². The van der Waals surface area contributed by atoms with Gasteiger partial charge in [0.25, 0.3) is 11.5 Å². The molecule has 1 unspecified atom stereocenters. The number of nitrogens with one attached hydrogen (secondary N) is 1. The highest BCUT2D eigenvalue weighted by atomic mass is 16.5. The van der Waals surface area contributed by atoms with Gasteiger partial charge in [0.2, 0.25) is 0 Å². The summed E-state index contributed by atoms with van der Waals surface area (Å²) in [6.45, 7) is 8.13. The van der Waals surface area contributed by atoms with E-state index in [-0.39, 0.29) is 17.2 Å². The Morgan fingerprint density at radius 3 is 3.08 bits per heavy atom. The average molecular weight is 344 g/mol. The van der Waals surface area contributed by atoms with Crippen LogP contribution in [0.5, 0.6) is 0 Å². The number of ether oxygens (including phenoxy) is 1. The van der Waals surface area contributed by atoms with Crippen LogP contribution in [0.25, 0.3) is 5.65 Å². The van der Waals surface area contributed by atoms with Crippen molar-refractivity contribution in [2.75, 3.05) is 32.8 Å². The van der Waals surface area contributed by atoms with Gasteiger partial charge in [-0.2, -0.15) is 0 Å². The fourth-order valence-electron chi connectivity index (χ4n) is 3.07. The van der Waals surface area contributed by atoms with Gasteiger partial charge in [0.15, 0.2) is 0 Å². The smallest absolute Gasteiger partial charge is 0.270 e. The van der Waals surface area contributed by atoms with Crippen LogP contribution in [-0.4, -0.2) is 59.1 Å². The number of fused-ring (bicyclic) bond motifs is 1. The van der Waals surface area contributed by atoms with Gasteiger partial charge in [-0.1, -0.05) is 19.9 Å². The monoisotopic (exact) mass is 344 g/mol. The lowest BCUT2D eigenvalue weighted by atomic mass is 10.2. The first-order valence-electron chi connectivity index (χ1n) is 8.63. The zero-order chi connectivity index (χ0) is 17.8. The molecule has 0 aliphatic carbocycles. The predicted molar refractivity (Wildman–Crippen MR) is 94.8 cm³/mol. The van der Waals surface area contributed by atoms with Crippen molar-refractivity contribution in [3.8, 4) is 0 Å². The van der Waals surface area contributed by atoms with Crippen LogP contribution in [0.1, 0.15) is 24.2 Å². The Morgan fingerprint density at radius 2 is 2.28 bits per heavy atom. The number of hydrogen-bond acceptors (Lipinski definition) is 5. The molecule has 134 valence electrons. The number of hydrogen-bond donors (Lipinski definition) is 1. The lowest BCUT2D eigenvalue weighted by Crippen LogP contribution is -2.48. The molecule has 1 amide bonds. The Balaban J connectivity index is 1.63. The normalized spacial score (nSPS) is 18.6. The van der Waals surface area contributed by atoms with Crippen LogP contribution in [-0.2, 0) is 4.74 Å². The van der Waals surface area contributed by atoms with Crippen molar-refractivity contribution in [1.82, 2.24) is 19.6 Å². The summed E-state index contributed by atoms with van der Waals surface area (Å²) in [4.78, 5) is 31.3. The molecule has 0 aromatic carbocycles. The van der Waals surface area contributed by atoms with E-state index in [1.807, 2.05) is 0 Å². The topological polar surface area (TPSA) is 75.9 Å². The molecular weight excluding hydrogens is 320 g/mol. The van der Waals surface area contributed by atoms with Gasteiger partial charge in [-0.05, 0) is 18.1 Å². The van der Waals surface area contributed by atoms with Crippen molar-refractivity contribution in [2.45, 2.75) is 20.0 Å². The van der Waals surface area contributed by atoms with Crippen molar-refractivity contribution in [2.24, 2.45) is 5.92 Å². The summed E-state index contributed by atoms with van der Waals surface area (Å²) in [5.74, 6) is 0.178. The number of aromatic nitrogens is 2. The molecule has 25 heavy (non-hydrogen) atoms. The lowest BCUT2D eigenvalue weighted by Gasteiger charge is -2.33. The van der Waals surface area contributed by atoms with Crippen LogP contribution in [0.15, 0.2) is 35.4 Å². The molecule has 1 aliphatic rings. The molecule has 0 bridgehead atoms. The summed E-state index contributed by atoms with van der Waals surface area (Å²) in [7, 11) is 0. The summed E-state index contributed by atoms with van der Waals surface area (Å²) in [5.41, 5.74) is 0.191. The Bertz CT molecular complexity index is 802. The molecule has 1 atom stereocenters. The minimum absolute atomic E-state index is 0.0403. The highest BCUT2D eigenvalue weighted by molar-refractivity contribution is 5.93. The van der Waals surface area contributed by atoms with Crippen LogP contribution in [0.2, 0.25) is 0 Å². The Kier molecular flexibility index (Phi) is 5.45. The molecule has 7 heteroatoms. The molecule has 2 aromatic rings. The molecule has 1 fully saturated rings. The molecule has 1 N–H and O–H groups in total. The first-order valence-corrected chi connectivity index (χ1v) is 8.63. The lowest BCUT2D eigenvalue weighted by molar-refractivity contribution is -0.0295. The molecule has 1 saturated heterocycles. The van der Waals surface area contributed by atoms with Gasteiger partial charge in [-0.25, -0.2) is 4.98 Å². The average Bonchev–Trinajstić information content (AvgIpc) is 2.60. The third kappa shape index (κ3) is 4.24. The van der Waals surface area contributed by atoms with Gasteiger partial charge in [-0.15, -0.1) is 0 Å². The fraction of sp³-hybridized carbons (Fsp3) is 0.500. The zero-order valence-corrected chi connectivity index (χ0v) is 14.6. The number of morpholine rings is 1. The van der Waals surface area contributed by atoms with E-state index in [9.17, 15) is 9.59 Å². The van der Waals surface area contributed by atoms with Gasteiger partial charge >= 0.3 is 0 Å². The van der Waals surface area contributed by atoms with Crippen LogP contribution in [0.3, 0.4) is 0 Å². The maximum atomic E-state index is 12.4. The van der Waals surface area contributed by atoms with E-state index < -0.39 is 5.91 Å². The van der Waals surface area contributed by atoms with Crippen LogP contribution in [0.4, 0.5) is 0 Å². The van der Waals surface area contributed by atoms with E-state index in [2.05, 4.69) is 29.0 Å². The predicted octanol–water partition coefficient (Wildman–Crippen LogP) is 0.781. The summed E-state index contributed by atoms with van der Waals surface area (Å²) < 4.78 is 7.09. The molecule has 7 nitrogen and oxygen atoms in total. The summed E-state index contributed by atoms with van der Waals surface area (Å²) in [6.07, 6.45) is 2.88. The third-order valence-electron chi connectivity index (χ3n) is 4.19. The van der Waals surface area contributed by atoms with Gasteiger partial charge < -0.3 is 10.1 Å². The third-order valence-corrected chi connectivity index (χ3v) is 4.19. The molecule has 2 aromatic heterocycles. The van der Waals surface area contributed by atoms with Crippen LogP contribution >= 0.6 is 0 Å². The first-order chi connectivity index (χ1) is 12.0. The molecule has 0 spiro atoms. The minimum Gasteiger partial charge on any atom is -0.374 e. The number of rotatable bonds is 5. The summed E-state index contributed by atoms with van der Waals surface area (Å²) in [5, 5.41) is 2.80. The number of carbonyl (C=O) groups excluding carboxylic acids is 1. The van der Waals surface area contributed by atoms with E-state index >= 15 is 0 Å². The van der Waals surface area contributed by atoms with Crippen LogP contribution < -0.4 is 10.9 Å². The summed E-state index contributed by atoms with van der Waals surface area (Å²) in [6, 6.07) is 5.25. The van der Waals surface area contributed by atoms with E-state index in [0.29, 0.717) is 24.7 Å². The standard InChI is InChI=1S/C18H24N4O3/c1-13(2)11-21-7-8-25-14(12-21)9-20-17(23)15-10-19-16-5-3-4-6-22(16)18(15)24/h3-6,10,13-14H,7-9,11-12H2,1-2H3,(H,20,23). The number of nitrogens with zero attached hydrogens (tertiary/aromatic N) is 3. The molecule has 0 saturated carbocycles. The maximum absolute atomic E-state index is 12.4. The fourth-order valence-corrected chi connectivity index (χ4v) is 3.07. The van der Waals surface area contributed by atoms with Crippen molar-refractivity contribution >= 4 is 11.6 Å². The first kappa shape index (κ1) is 17.6. The van der Waals surface area contributed by atoms with Gasteiger partial charge in [0.1, 0.15) is 11.2 Å². The number of pyridine rings is 1. The highest BCUT2D eigenvalue weighted by Gasteiger charge is 2.22.